The molecule has 1 aromatic heterocycles. The highest BCUT2D eigenvalue weighted by Crippen LogP contribution is 2.11. The van der Waals surface area contributed by atoms with Crippen molar-refractivity contribution in [1.82, 2.24) is 0 Å². The average Bonchev–Trinajstić information content (AvgIpc) is 2.51. The van der Waals surface area contributed by atoms with Gasteiger partial charge in [-0.25, -0.2) is 0 Å². The first-order valence-corrected chi connectivity index (χ1v) is 4.92. The standard InChI is InChI=1S/C9H12O3S/c1-7(5-9(10)11)12-6-8-3-2-4-13-8/h2-4,7H,5-6H2,1H3,(H,10,11). The number of hydrogen-bond donors (Lipinski definition) is 1. The summed E-state index contributed by atoms with van der Waals surface area (Å²) in [4.78, 5) is 11.4. The van der Waals surface area contributed by atoms with Crippen molar-refractivity contribution < 1.29 is 14.6 Å². The van der Waals surface area contributed by atoms with Gasteiger partial charge in [0.15, 0.2) is 0 Å². The van der Waals surface area contributed by atoms with Gasteiger partial charge in [-0.3, -0.25) is 4.79 Å². The Kier molecular flexibility index (Phi) is 3.92. The van der Waals surface area contributed by atoms with Crippen LogP contribution in [-0.2, 0) is 16.1 Å². The van der Waals surface area contributed by atoms with Crippen molar-refractivity contribution in [3.05, 3.63) is 22.4 Å². The number of ether oxygens (including phenoxy) is 1. The average molecular weight is 200 g/mol. The number of carboxylic acids is 1. The SMILES string of the molecule is CC(CC(=O)O)OCc1cccs1. The molecular weight excluding hydrogens is 188 g/mol. The summed E-state index contributed by atoms with van der Waals surface area (Å²) in [6.45, 7) is 2.27. The van der Waals surface area contributed by atoms with Crippen molar-refractivity contribution in [1.29, 1.82) is 0 Å². The molecule has 1 atom stereocenters. The van der Waals surface area contributed by atoms with E-state index in [4.69, 9.17) is 9.84 Å². The second kappa shape index (κ2) is 4.99. The van der Waals surface area contributed by atoms with Crippen LogP contribution in [0.2, 0.25) is 0 Å². The van der Waals surface area contributed by atoms with Crippen LogP contribution in [0.25, 0.3) is 0 Å². The Labute approximate surface area is 81.0 Å². The van der Waals surface area contributed by atoms with Gasteiger partial charge < -0.3 is 9.84 Å². The molecule has 4 heteroatoms. The molecule has 72 valence electrons. The first kappa shape index (κ1) is 10.2. The predicted molar refractivity (Wildman–Crippen MR) is 50.8 cm³/mol. The minimum atomic E-state index is -0.821. The number of carboxylic acid groups (broad SMARTS) is 1. The number of hydrogen-bond acceptors (Lipinski definition) is 3. The number of thiophene rings is 1. The quantitative estimate of drug-likeness (QED) is 0.792. The Bertz CT molecular complexity index is 256. The highest BCUT2D eigenvalue weighted by atomic mass is 32.1. The highest BCUT2D eigenvalue weighted by Gasteiger charge is 2.07. The van der Waals surface area contributed by atoms with Crippen LogP contribution in [0.3, 0.4) is 0 Å². The Morgan fingerprint density at radius 3 is 3.08 bits per heavy atom. The van der Waals surface area contributed by atoms with E-state index < -0.39 is 5.97 Å². The van der Waals surface area contributed by atoms with E-state index in [1.807, 2.05) is 17.5 Å². The van der Waals surface area contributed by atoms with Crippen molar-refractivity contribution in [3.8, 4) is 0 Å². The van der Waals surface area contributed by atoms with E-state index in [-0.39, 0.29) is 12.5 Å². The van der Waals surface area contributed by atoms with Crippen molar-refractivity contribution in [2.45, 2.75) is 26.1 Å². The zero-order chi connectivity index (χ0) is 9.68. The fraction of sp³-hybridized carbons (Fsp3) is 0.444. The lowest BCUT2D eigenvalue weighted by atomic mass is 10.3. The van der Waals surface area contributed by atoms with E-state index in [1.165, 1.54) is 0 Å². The van der Waals surface area contributed by atoms with E-state index in [0.717, 1.165) is 4.88 Å². The molecule has 3 nitrogen and oxygen atoms in total. The van der Waals surface area contributed by atoms with E-state index >= 15 is 0 Å². The minimum absolute atomic E-state index is 0.0609. The molecule has 0 amide bonds. The molecule has 1 heterocycles. The Balaban J connectivity index is 2.22. The maximum absolute atomic E-state index is 10.3. The van der Waals surface area contributed by atoms with Crippen LogP contribution in [-0.4, -0.2) is 17.2 Å². The second-order valence-corrected chi connectivity index (χ2v) is 3.83. The zero-order valence-corrected chi connectivity index (χ0v) is 8.21. The molecule has 1 aromatic rings. The summed E-state index contributed by atoms with van der Waals surface area (Å²) in [6, 6.07) is 3.92. The third-order valence-corrected chi connectivity index (χ3v) is 2.40. The van der Waals surface area contributed by atoms with Crippen molar-refractivity contribution >= 4 is 17.3 Å². The zero-order valence-electron chi connectivity index (χ0n) is 7.40. The van der Waals surface area contributed by atoms with E-state index in [1.54, 1.807) is 18.3 Å². The fourth-order valence-electron chi connectivity index (χ4n) is 0.924. The number of carbonyl (C=O) groups is 1. The van der Waals surface area contributed by atoms with Crippen molar-refractivity contribution in [2.75, 3.05) is 0 Å². The first-order chi connectivity index (χ1) is 6.18. The Hall–Kier alpha value is -0.870. The minimum Gasteiger partial charge on any atom is -0.481 e. The summed E-state index contributed by atoms with van der Waals surface area (Å²) < 4.78 is 5.33. The molecule has 1 rings (SSSR count). The van der Waals surface area contributed by atoms with Crippen LogP contribution in [0.15, 0.2) is 17.5 Å². The van der Waals surface area contributed by atoms with E-state index in [9.17, 15) is 4.79 Å². The van der Waals surface area contributed by atoms with Crippen LogP contribution in [0.4, 0.5) is 0 Å². The number of rotatable bonds is 5. The molecular formula is C9H12O3S. The lowest BCUT2D eigenvalue weighted by Crippen LogP contribution is -2.13. The molecule has 1 unspecified atom stereocenters. The third kappa shape index (κ3) is 4.05. The van der Waals surface area contributed by atoms with Gasteiger partial charge in [-0.05, 0) is 18.4 Å². The Morgan fingerprint density at radius 2 is 2.54 bits per heavy atom. The van der Waals surface area contributed by atoms with Gasteiger partial charge in [0.2, 0.25) is 0 Å². The molecule has 0 aliphatic carbocycles. The lowest BCUT2D eigenvalue weighted by molar-refractivity contribution is -0.140. The van der Waals surface area contributed by atoms with Gasteiger partial charge in [0.25, 0.3) is 0 Å². The third-order valence-electron chi connectivity index (χ3n) is 1.55. The maximum atomic E-state index is 10.3. The molecule has 0 radical (unpaired) electrons. The molecule has 0 saturated carbocycles. The molecule has 0 bridgehead atoms. The van der Waals surface area contributed by atoms with Gasteiger partial charge in [-0.1, -0.05) is 6.07 Å². The monoisotopic (exact) mass is 200 g/mol. The topological polar surface area (TPSA) is 46.5 Å². The lowest BCUT2D eigenvalue weighted by Gasteiger charge is -2.08. The van der Waals surface area contributed by atoms with Gasteiger partial charge >= 0.3 is 5.97 Å². The summed E-state index contributed by atoms with van der Waals surface area (Å²) in [5.41, 5.74) is 0. The molecule has 1 N–H and O–H groups in total. The Morgan fingerprint density at radius 1 is 1.77 bits per heavy atom. The van der Waals surface area contributed by atoms with Crippen LogP contribution < -0.4 is 0 Å². The summed E-state index contributed by atoms with van der Waals surface area (Å²) in [5.74, 6) is -0.821. The molecule has 0 aliphatic rings. The van der Waals surface area contributed by atoms with Gasteiger partial charge in [-0.15, -0.1) is 11.3 Å². The molecule has 0 saturated heterocycles. The maximum Gasteiger partial charge on any atom is 0.305 e. The largest absolute Gasteiger partial charge is 0.481 e. The summed E-state index contributed by atoms with van der Waals surface area (Å²) >= 11 is 1.61. The summed E-state index contributed by atoms with van der Waals surface area (Å²) in [7, 11) is 0. The highest BCUT2D eigenvalue weighted by molar-refractivity contribution is 7.09. The number of aliphatic carboxylic acids is 1. The molecule has 13 heavy (non-hydrogen) atoms. The van der Waals surface area contributed by atoms with Gasteiger partial charge in [0, 0.05) is 4.88 Å². The van der Waals surface area contributed by atoms with Gasteiger partial charge in [-0.2, -0.15) is 0 Å². The van der Waals surface area contributed by atoms with Gasteiger partial charge in [0.05, 0.1) is 19.1 Å². The summed E-state index contributed by atoms with van der Waals surface area (Å²) in [6.07, 6.45) is -0.162. The first-order valence-electron chi connectivity index (χ1n) is 4.04. The van der Waals surface area contributed by atoms with Crippen molar-refractivity contribution in [3.63, 3.8) is 0 Å². The van der Waals surface area contributed by atoms with Crippen molar-refractivity contribution in [2.24, 2.45) is 0 Å². The van der Waals surface area contributed by atoms with Crippen LogP contribution in [0, 0.1) is 0 Å². The fourth-order valence-corrected chi connectivity index (χ4v) is 1.55. The van der Waals surface area contributed by atoms with E-state index in [2.05, 4.69) is 0 Å². The smallest absolute Gasteiger partial charge is 0.305 e. The molecule has 0 aromatic carbocycles. The van der Waals surface area contributed by atoms with Crippen LogP contribution >= 0.6 is 11.3 Å². The molecule has 0 spiro atoms. The van der Waals surface area contributed by atoms with Gasteiger partial charge in [0.1, 0.15) is 0 Å². The second-order valence-electron chi connectivity index (χ2n) is 2.80. The molecule has 0 fully saturated rings. The van der Waals surface area contributed by atoms with Crippen LogP contribution in [0.5, 0.6) is 0 Å². The summed E-state index contributed by atoms with van der Waals surface area (Å²) in [5, 5.41) is 10.4. The molecule has 0 aliphatic heterocycles. The predicted octanol–water partition coefficient (Wildman–Crippen LogP) is 2.13. The van der Waals surface area contributed by atoms with E-state index in [0.29, 0.717) is 6.61 Å². The normalized spacial score (nSPS) is 12.7. The van der Waals surface area contributed by atoms with Crippen LogP contribution in [0.1, 0.15) is 18.2 Å².